The second kappa shape index (κ2) is 5.35. The Labute approximate surface area is 101 Å². The molecule has 16 heavy (non-hydrogen) atoms. The topological polar surface area (TPSA) is 20.3 Å². The zero-order chi connectivity index (χ0) is 11.4. The number of likely N-dealkylation sites (tertiary alicyclic amines) is 1. The highest BCUT2D eigenvalue weighted by Crippen LogP contribution is 2.16. The summed E-state index contributed by atoms with van der Waals surface area (Å²) in [5, 5.41) is 0.0178. The van der Waals surface area contributed by atoms with Gasteiger partial charge < -0.3 is 4.90 Å². The van der Waals surface area contributed by atoms with Crippen molar-refractivity contribution in [3.05, 3.63) is 35.9 Å². The second-order valence-corrected chi connectivity index (χ2v) is 4.85. The number of halogens is 1. The molecular weight excluding hydrogens is 222 g/mol. The summed E-state index contributed by atoms with van der Waals surface area (Å²) in [6, 6.07) is 10.4. The molecule has 1 aliphatic heterocycles. The van der Waals surface area contributed by atoms with Crippen molar-refractivity contribution in [3.63, 3.8) is 0 Å². The number of hydrogen-bond acceptors (Lipinski definition) is 1. The van der Waals surface area contributed by atoms with Gasteiger partial charge in [-0.05, 0) is 18.4 Å². The number of carbonyl (C=O) groups excluding carboxylic acids is 1. The van der Waals surface area contributed by atoms with Crippen molar-refractivity contribution in [3.8, 4) is 0 Å². The molecule has 86 valence electrons. The quantitative estimate of drug-likeness (QED) is 0.737. The van der Waals surface area contributed by atoms with Crippen LogP contribution in [0.15, 0.2) is 30.3 Å². The molecule has 2 rings (SSSR count). The lowest BCUT2D eigenvalue weighted by molar-refractivity contribution is -0.127. The van der Waals surface area contributed by atoms with Crippen LogP contribution in [0, 0.1) is 0 Å². The molecule has 1 aromatic carbocycles. The third-order valence-corrected chi connectivity index (χ3v) is 3.20. The Bertz CT molecular complexity index is 352. The van der Waals surface area contributed by atoms with E-state index < -0.39 is 0 Å². The monoisotopic (exact) mass is 237 g/mol. The molecule has 1 saturated heterocycles. The number of nitrogens with zero attached hydrogens (tertiary/aromatic N) is 1. The van der Waals surface area contributed by atoms with E-state index in [2.05, 4.69) is 12.1 Å². The van der Waals surface area contributed by atoms with Crippen LogP contribution in [-0.4, -0.2) is 29.3 Å². The van der Waals surface area contributed by atoms with Crippen molar-refractivity contribution < 1.29 is 4.79 Å². The Morgan fingerprint density at radius 1 is 1.31 bits per heavy atom. The predicted octanol–water partition coefficient (Wildman–Crippen LogP) is 2.46. The molecule has 3 heteroatoms. The molecule has 0 aromatic heterocycles. The van der Waals surface area contributed by atoms with Crippen molar-refractivity contribution in [2.75, 3.05) is 13.1 Å². The SMILES string of the molecule is O=C1CC(Cl)CN1CCCc1ccccc1. The number of rotatable bonds is 4. The number of carbonyl (C=O) groups is 1. The van der Waals surface area contributed by atoms with Crippen LogP contribution in [0.2, 0.25) is 0 Å². The van der Waals surface area contributed by atoms with E-state index in [0.29, 0.717) is 6.42 Å². The largest absolute Gasteiger partial charge is 0.341 e. The summed E-state index contributed by atoms with van der Waals surface area (Å²) in [5.74, 6) is 0.202. The van der Waals surface area contributed by atoms with E-state index in [-0.39, 0.29) is 11.3 Å². The number of aryl methyl sites for hydroxylation is 1. The van der Waals surface area contributed by atoms with Gasteiger partial charge in [0.1, 0.15) is 0 Å². The van der Waals surface area contributed by atoms with Crippen LogP contribution in [0.25, 0.3) is 0 Å². The minimum atomic E-state index is 0.0178. The van der Waals surface area contributed by atoms with E-state index in [1.54, 1.807) is 0 Å². The summed E-state index contributed by atoms with van der Waals surface area (Å²) >= 11 is 5.94. The van der Waals surface area contributed by atoms with Crippen molar-refractivity contribution in [2.45, 2.75) is 24.6 Å². The molecule has 1 fully saturated rings. The van der Waals surface area contributed by atoms with Crippen LogP contribution in [0.3, 0.4) is 0 Å². The van der Waals surface area contributed by atoms with Crippen LogP contribution in [0.5, 0.6) is 0 Å². The smallest absolute Gasteiger partial charge is 0.224 e. The second-order valence-electron chi connectivity index (χ2n) is 4.23. The fourth-order valence-corrected chi connectivity index (χ4v) is 2.36. The first kappa shape index (κ1) is 11.5. The van der Waals surface area contributed by atoms with Gasteiger partial charge in [0.25, 0.3) is 0 Å². The number of benzene rings is 1. The van der Waals surface area contributed by atoms with Crippen molar-refractivity contribution in [2.24, 2.45) is 0 Å². The minimum Gasteiger partial charge on any atom is -0.341 e. The van der Waals surface area contributed by atoms with Gasteiger partial charge in [-0.1, -0.05) is 30.3 Å². The summed E-state index contributed by atoms with van der Waals surface area (Å²) in [4.78, 5) is 13.3. The number of amides is 1. The zero-order valence-corrected chi connectivity index (χ0v) is 9.99. The highest BCUT2D eigenvalue weighted by atomic mass is 35.5. The summed E-state index contributed by atoms with van der Waals surface area (Å²) in [6.45, 7) is 1.55. The zero-order valence-electron chi connectivity index (χ0n) is 9.23. The fraction of sp³-hybridized carbons (Fsp3) is 0.462. The predicted molar refractivity (Wildman–Crippen MR) is 65.6 cm³/mol. The van der Waals surface area contributed by atoms with Gasteiger partial charge in [0.15, 0.2) is 0 Å². The summed E-state index contributed by atoms with van der Waals surface area (Å²) in [6.07, 6.45) is 2.55. The van der Waals surface area contributed by atoms with Crippen LogP contribution in [0.4, 0.5) is 0 Å². The first-order valence-corrected chi connectivity index (χ1v) is 6.15. The third-order valence-electron chi connectivity index (χ3n) is 2.90. The molecule has 1 amide bonds. The average molecular weight is 238 g/mol. The van der Waals surface area contributed by atoms with Crippen LogP contribution < -0.4 is 0 Å². The van der Waals surface area contributed by atoms with Gasteiger partial charge in [0, 0.05) is 19.5 Å². The molecule has 0 spiro atoms. The van der Waals surface area contributed by atoms with E-state index in [1.807, 2.05) is 23.1 Å². The van der Waals surface area contributed by atoms with Gasteiger partial charge in [0.2, 0.25) is 5.91 Å². The van der Waals surface area contributed by atoms with E-state index in [1.165, 1.54) is 5.56 Å². The molecule has 0 saturated carbocycles. The van der Waals surface area contributed by atoms with E-state index in [9.17, 15) is 4.79 Å². The molecule has 1 aromatic rings. The first-order chi connectivity index (χ1) is 7.75. The molecule has 2 nitrogen and oxygen atoms in total. The molecule has 0 bridgehead atoms. The summed E-state index contributed by atoms with van der Waals surface area (Å²) in [5.41, 5.74) is 1.33. The first-order valence-electron chi connectivity index (χ1n) is 5.71. The molecule has 1 aliphatic rings. The van der Waals surface area contributed by atoms with Crippen molar-refractivity contribution in [1.29, 1.82) is 0 Å². The minimum absolute atomic E-state index is 0.0178. The lowest BCUT2D eigenvalue weighted by Crippen LogP contribution is -2.26. The molecule has 1 heterocycles. The average Bonchev–Trinajstić information content (AvgIpc) is 2.59. The van der Waals surface area contributed by atoms with Gasteiger partial charge in [-0.3, -0.25) is 4.79 Å². The lowest BCUT2D eigenvalue weighted by atomic mass is 10.1. The Hall–Kier alpha value is -1.02. The number of hydrogen-bond donors (Lipinski definition) is 0. The lowest BCUT2D eigenvalue weighted by Gasteiger charge is -2.15. The van der Waals surface area contributed by atoms with E-state index in [0.717, 1.165) is 25.9 Å². The van der Waals surface area contributed by atoms with Crippen LogP contribution >= 0.6 is 11.6 Å². The normalized spacial score (nSPS) is 20.4. The van der Waals surface area contributed by atoms with Gasteiger partial charge >= 0.3 is 0 Å². The van der Waals surface area contributed by atoms with Crippen LogP contribution in [0.1, 0.15) is 18.4 Å². The van der Waals surface area contributed by atoms with Gasteiger partial charge in [-0.25, -0.2) is 0 Å². The maximum atomic E-state index is 11.5. The van der Waals surface area contributed by atoms with E-state index >= 15 is 0 Å². The van der Waals surface area contributed by atoms with Gasteiger partial charge in [0.05, 0.1) is 5.38 Å². The molecule has 0 aliphatic carbocycles. The Balaban J connectivity index is 1.74. The maximum Gasteiger partial charge on any atom is 0.224 e. The Morgan fingerprint density at radius 3 is 2.69 bits per heavy atom. The summed E-state index contributed by atoms with van der Waals surface area (Å²) < 4.78 is 0. The van der Waals surface area contributed by atoms with Crippen molar-refractivity contribution in [1.82, 2.24) is 4.90 Å². The molecular formula is C13H16ClNO. The highest BCUT2D eigenvalue weighted by molar-refractivity contribution is 6.22. The van der Waals surface area contributed by atoms with Crippen LogP contribution in [-0.2, 0) is 11.2 Å². The maximum absolute atomic E-state index is 11.5. The number of alkyl halides is 1. The van der Waals surface area contributed by atoms with Gasteiger partial charge in [-0.2, -0.15) is 0 Å². The fourth-order valence-electron chi connectivity index (χ4n) is 2.06. The molecule has 0 radical (unpaired) electrons. The van der Waals surface area contributed by atoms with E-state index in [4.69, 9.17) is 11.6 Å². The standard InChI is InChI=1S/C13H16ClNO/c14-12-9-13(16)15(10-12)8-4-7-11-5-2-1-3-6-11/h1-3,5-6,12H,4,7-10H2. The molecule has 0 N–H and O–H groups in total. The van der Waals surface area contributed by atoms with Gasteiger partial charge in [-0.15, -0.1) is 11.6 Å². The Kier molecular flexibility index (Phi) is 3.83. The Morgan fingerprint density at radius 2 is 2.06 bits per heavy atom. The molecule has 1 unspecified atom stereocenters. The summed E-state index contributed by atoms with van der Waals surface area (Å²) in [7, 11) is 0. The highest BCUT2D eigenvalue weighted by Gasteiger charge is 2.27. The van der Waals surface area contributed by atoms with Crippen molar-refractivity contribution >= 4 is 17.5 Å². The third kappa shape index (κ3) is 2.99. The molecule has 1 atom stereocenters.